The van der Waals surface area contributed by atoms with Crippen LogP contribution in [0.5, 0.6) is 5.75 Å². The normalized spacial score (nSPS) is 10.9. The highest BCUT2D eigenvalue weighted by atomic mass is 16.5. The molecule has 0 amide bonds. The van der Waals surface area contributed by atoms with Gasteiger partial charge in [0.1, 0.15) is 12.4 Å². The van der Waals surface area contributed by atoms with Crippen LogP contribution < -0.4 is 4.74 Å². The third kappa shape index (κ3) is 4.19. The zero-order valence-corrected chi connectivity index (χ0v) is 11.1. The lowest BCUT2D eigenvalue weighted by Gasteiger charge is -2.14. The largest absolute Gasteiger partial charge is 0.491 e. The third-order valence-corrected chi connectivity index (χ3v) is 2.47. The highest BCUT2D eigenvalue weighted by Gasteiger charge is 2.15. The molecule has 0 saturated carbocycles. The monoisotopic (exact) mass is 235 g/mol. The quantitative estimate of drug-likeness (QED) is 0.709. The van der Waals surface area contributed by atoms with Gasteiger partial charge in [0.05, 0.1) is 5.56 Å². The van der Waals surface area contributed by atoms with E-state index in [0.717, 1.165) is 6.54 Å². The fourth-order valence-corrected chi connectivity index (χ4v) is 1.45. The number of likely N-dealkylation sites (N-methyl/N-ethyl adjacent to an activating group) is 1. The second-order valence-corrected chi connectivity index (χ2v) is 4.67. The highest BCUT2D eigenvalue weighted by molar-refractivity contribution is 5.99. The lowest BCUT2D eigenvalue weighted by molar-refractivity contribution is 0.0935. The molecule has 0 aromatic heterocycles. The lowest BCUT2D eigenvalue weighted by Crippen LogP contribution is -2.20. The van der Waals surface area contributed by atoms with Crippen LogP contribution in [-0.2, 0) is 0 Å². The second-order valence-electron chi connectivity index (χ2n) is 4.67. The molecule has 0 atom stereocenters. The molecule has 17 heavy (non-hydrogen) atoms. The number of ether oxygens (including phenoxy) is 1. The molecule has 0 heterocycles. The summed E-state index contributed by atoms with van der Waals surface area (Å²) in [6.07, 6.45) is 0. The van der Waals surface area contributed by atoms with E-state index in [9.17, 15) is 4.79 Å². The smallest absolute Gasteiger partial charge is 0.169 e. The molecule has 0 saturated heterocycles. The molecule has 0 aliphatic rings. The van der Waals surface area contributed by atoms with Crippen molar-refractivity contribution in [2.75, 3.05) is 27.2 Å². The molecular formula is C14H21NO2. The maximum absolute atomic E-state index is 12.0. The van der Waals surface area contributed by atoms with Crippen LogP contribution in [0.2, 0.25) is 0 Å². The van der Waals surface area contributed by atoms with Crippen LogP contribution in [0.15, 0.2) is 24.3 Å². The van der Waals surface area contributed by atoms with E-state index >= 15 is 0 Å². The number of ketones is 1. The molecule has 0 fully saturated rings. The van der Waals surface area contributed by atoms with Gasteiger partial charge in [-0.15, -0.1) is 0 Å². The average Bonchev–Trinajstić information content (AvgIpc) is 2.28. The van der Waals surface area contributed by atoms with Crippen molar-refractivity contribution in [1.29, 1.82) is 0 Å². The topological polar surface area (TPSA) is 29.5 Å². The predicted molar refractivity (Wildman–Crippen MR) is 69.7 cm³/mol. The van der Waals surface area contributed by atoms with Gasteiger partial charge in [-0.1, -0.05) is 26.0 Å². The predicted octanol–water partition coefficient (Wildman–Crippen LogP) is 2.47. The third-order valence-electron chi connectivity index (χ3n) is 2.47. The standard InChI is InChI=1S/C14H21NO2/c1-11(2)14(16)12-7-5-6-8-13(12)17-10-9-15(3)4/h5-8,11H,9-10H2,1-4H3. The molecule has 0 unspecified atom stereocenters. The molecule has 3 heteroatoms. The molecule has 0 radical (unpaired) electrons. The maximum Gasteiger partial charge on any atom is 0.169 e. The van der Waals surface area contributed by atoms with Crippen molar-refractivity contribution in [2.24, 2.45) is 5.92 Å². The van der Waals surface area contributed by atoms with Crippen molar-refractivity contribution in [3.63, 3.8) is 0 Å². The van der Waals surface area contributed by atoms with Gasteiger partial charge in [0.15, 0.2) is 5.78 Å². The van der Waals surface area contributed by atoms with Crippen LogP contribution >= 0.6 is 0 Å². The van der Waals surface area contributed by atoms with Crippen molar-refractivity contribution < 1.29 is 9.53 Å². The summed E-state index contributed by atoms with van der Waals surface area (Å²) >= 11 is 0. The van der Waals surface area contributed by atoms with E-state index in [-0.39, 0.29) is 11.7 Å². The summed E-state index contributed by atoms with van der Waals surface area (Å²) in [5, 5.41) is 0. The zero-order chi connectivity index (χ0) is 12.8. The fraction of sp³-hybridized carbons (Fsp3) is 0.500. The summed E-state index contributed by atoms with van der Waals surface area (Å²) in [5.41, 5.74) is 0.682. The molecular weight excluding hydrogens is 214 g/mol. The van der Waals surface area contributed by atoms with Crippen molar-refractivity contribution in [2.45, 2.75) is 13.8 Å². The Morgan fingerprint density at radius 2 is 1.94 bits per heavy atom. The minimum absolute atomic E-state index is 0.00593. The summed E-state index contributed by atoms with van der Waals surface area (Å²) < 4.78 is 5.66. The van der Waals surface area contributed by atoms with E-state index < -0.39 is 0 Å². The van der Waals surface area contributed by atoms with Crippen LogP contribution in [0, 0.1) is 5.92 Å². The van der Waals surface area contributed by atoms with Gasteiger partial charge in [0.2, 0.25) is 0 Å². The Labute approximate surface area is 103 Å². The summed E-state index contributed by atoms with van der Waals surface area (Å²) in [6.45, 7) is 5.23. The number of para-hydroxylation sites is 1. The van der Waals surface area contributed by atoms with E-state index in [0.29, 0.717) is 17.9 Å². The van der Waals surface area contributed by atoms with E-state index in [1.807, 2.05) is 57.1 Å². The molecule has 0 spiro atoms. The number of carbonyl (C=O) groups is 1. The minimum atomic E-state index is -0.00593. The molecule has 3 nitrogen and oxygen atoms in total. The molecule has 0 aliphatic heterocycles. The van der Waals surface area contributed by atoms with Gasteiger partial charge in [-0.05, 0) is 26.2 Å². The fourth-order valence-electron chi connectivity index (χ4n) is 1.45. The average molecular weight is 235 g/mol. The van der Waals surface area contributed by atoms with Gasteiger partial charge in [0.25, 0.3) is 0 Å². The minimum Gasteiger partial charge on any atom is -0.491 e. The van der Waals surface area contributed by atoms with Gasteiger partial charge < -0.3 is 9.64 Å². The number of hydrogen-bond acceptors (Lipinski definition) is 3. The van der Waals surface area contributed by atoms with Gasteiger partial charge in [-0.25, -0.2) is 0 Å². The van der Waals surface area contributed by atoms with Gasteiger partial charge in [-0.2, -0.15) is 0 Å². The number of nitrogens with zero attached hydrogens (tertiary/aromatic N) is 1. The molecule has 1 rings (SSSR count). The summed E-state index contributed by atoms with van der Waals surface area (Å²) in [6, 6.07) is 7.44. The first-order valence-electron chi connectivity index (χ1n) is 5.93. The van der Waals surface area contributed by atoms with E-state index in [1.165, 1.54) is 0 Å². The Balaban J connectivity index is 2.74. The Morgan fingerprint density at radius 1 is 1.29 bits per heavy atom. The van der Waals surface area contributed by atoms with Crippen LogP contribution in [0.4, 0.5) is 0 Å². The van der Waals surface area contributed by atoms with Crippen LogP contribution in [0.3, 0.4) is 0 Å². The van der Waals surface area contributed by atoms with Crippen LogP contribution in [0.25, 0.3) is 0 Å². The first-order chi connectivity index (χ1) is 8.02. The number of rotatable bonds is 6. The molecule has 1 aromatic rings. The van der Waals surface area contributed by atoms with Crippen molar-refractivity contribution in [3.8, 4) is 5.75 Å². The highest BCUT2D eigenvalue weighted by Crippen LogP contribution is 2.21. The first-order valence-corrected chi connectivity index (χ1v) is 5.93. The molecule has 0 aliphatic carbocycles. The Morgan fingerprint density at radius 3 is 2.53 bits per heavy atom. The Bertz CT molecular complexity index is 372. The molecule has 0 bridgehead atoms. The Hall–Kier alpha value is -1.35. The van der Waals surface area contributed by atoms with E-state index in [4.69, 9.17) is 4.74 Å². The lowest BCUT2D eigenvalue weighted by atomic mass is 10.0. The molecule has 1 aromatic carbocycles. The van der Waals surface area contributed by atoms with E-state index in [1.54, 1.807) is 0 Å². The zero-order valence-electron chi connectivity index (χ0n) is 11.1. The van der Waals surface area contributed by atoms with Crippen LogP contribution in [0.1, 0.15) is 24.2 Å². The van der Waals surface area contributed by atoms with Crippen molar-refractivity contribution in [1.82, 2.24) is 4.90 Å². The van der Waals surface area contributed by atoms with Gasteiger partial charge >= 0.3 is 0 Å². The first kappa shape index (κ1) is 13.7. The van der Waals surface area contributed by atoms with Crippen molar-refractivity contribution >= 4 is 5.78 Å². The number of Topliss-reactive ketones (excluding diaryl/α,β-unsaturated/α-hetero) is 1. The van der Waals surface area contributed by atoms with Gasteiger partial charge in [0, 0.05) is 12.5 Å². The molecule has 94 valence electrons. The SMILES string of the molecule is CC(C)C(=O)c1ccccc1OCCN(C)C. The van der Waals surface area contributed by atoms with Crippen molar-refractivity contribution in [3.05, 3.63) is 29.8 Å². The summed E-state index contributed by atoms with van der Waals surface area (Å²) in [4.78, 5) is 14.0. The summed E-state index contributed by atoms with van der Waals surface area (Å²) in [7, 11) is 3.99. The van der Waals surface area contributed by atoms with E-state index in [2.05, 4.69) is 0 Å². The maximum atomic E-state index is 12.0. The summed E-state index contributed by atoms with van der Waals surface area (Å²) in [5.74, 6) is 0.812. The number of hydrogen-bond donors (Lipinski definition) is 0. The number of carbonyl (C=O) groups excluding carboxylic acids is 1. The molecule has 0 N–H and O–H groups in total. The second kappa shape index (κ2) is 6.40. The Kier molecular flexibility index (Phi) is 5.16. The number of benzene rings is 1. The van der Waals surface area contributed by atoms with Crippen LogP contribution in [-0.4, -0.2) is 37.9 Å². The van der Waals surface area contributed by atoms with Gasteiger partial charge in [-0.3, -0.25) is 4.79 Å².